The minimum Gasteiger partial charge on any atom is -0.497 e. The zero-order valence-electron chi connectivity index (χ0n) is 16.7. The van der Waals surface area contributed by atoms with E-state index in [9.17, 15) is 9.59 Å². The predicted octanol–water partition coefficient (Wildman–Crippen LogP) is 2.93. The van der Waals surface area contributed by atoms with Crippen molar-refractivity contribution in [2.75, 3.05) is 25.1 Å². The molecule has 0 N–H and O–H groups in total. The monoisotopic (exact) mass is 391 g/mol. The Labute approximate surface area is 170 Å². The maximum atomic E-state index is 13.6. The summed E-state index contributed by atoms with van der Waals surface area (Å²) >= 11 is 0. The highest BCUT2D eigenvalue weighted by molar-refractivity contribution is 6.24. The molecule has 2 amide bonds. The summed E-state index contributed by atoms with van der Waals surface area (Å²) in [5, 5.41) is 4.42. The summed E-state index contributed by atoms with van der Waals surface area (Å²) in [7, 11) is 1.60. The molecule has 6 nitrogen and oxygen atoms in total. The Hall–Kier alpha value is -2.70. The van der Waals surface area contributed by atoms with E-state index in [4.69, 9.17) is 4.74 Å². The van der Waals surface area contributed by atoms with E-state index in [0.29, 0.717) is 11.4 Å². The van der Waals surface area contributed by atoms with Gasteiger partial charge >= 0.3 is 0 Å². The number of methoxy groups -OCH3 is 1. The molecule has 150 valence electrons. The number of carbonyl (C=O) groups is 2. The molecule has 0 aliphatic carbocycles. The summed E-state index contributed by atoms with van der Waals surface area (Å²) in [6.45, 7) is 3.76. The Morgan fingerprint density at radius 3 is 2.07 bits per heavy atom. The maximum Gasteiger partial charge on any atom is 0.253 e. The highest BCUT2D eigenvalue weighted by Crippen LogP contribution is 2.48. The van der Waals surface area contributed by atoms with Crippen LogP contribution in [0.3, 0.4) is 0 Å². The largest absolute Gasteiger partial charge is 0.497 e. The molecule has 0 radical (unpaired) electrons. The molecule has 3 aliphatic heterocycles. The predicted molar refractivity (Wildman–Crippen MR) is 109 cm³/mol. The van der Waals surface area contributed by atoms with Gasteiger partial charge in [0.15, 0.2) is 0 Å². The summed E-state index contributed by atoms with van der Waals surface area (Å²) < 4.78 is 5.21. The molecule has 5 rings (SSSR count). The molecule has 29 heavy (non-hydrogen) atoms. The van der Waals surface area contributed by atoms with Gasteiger partial charge in [-0.2, -0.15) is 0 Å². The number of hydrogen-bond acceptors (Lipinski definition) is 5. The normalized spacial score (nSPS) is 27.2. The van der Waals surface area contributed by atoms with E-state index in [1.54, 1.807) is 31.4 Å². The van der Waals surface area contributed by atoms with Crippen LogP contribution in [0.25, 0.3) is 0 Å². The topological polar surface area (TPSA) is 53.1 Å². The highest BCUT2D eigenvalue weighted by atomic mass is 16.5. The van der Waals surface area contributed by atoms with Crippen LogP contribution >= 0.6 is 0 Å². The smallest absolute Gasteiger partial charge is 0.253 e. The molecule has 0 saturated carbocycles. The first-order valence-electron chi connectivity index (χ1n) is 10.2. The molecule has 2 aromatic carbocycles. The Kier molecular flexibility index (Phi) is 4.41. The van der Waals surface area contributed by atoms with Crippen molar-refractivity contribution < 1.29 is 14.3 Å². The third-order valence-electron chi connectivity index (χ3n) is 6.41. The number of rotatable bonds is 3. The van der Waals surface area contributed by atoms with Crippen LogP contribution < -0.4 is 9.64 Å². The van der Waals surface area contributed by atoms with E-state index in [0.717, 1.165) is 31.5 Å². The lowest BCUT2D eigenvalue weighted by atomic mass is 9.90. The van der Waals surface area contributed by atoms with Crippen LogP contribution in [0.4, 0.5) is 5.69 Å². The lowest BCUT2D eigenvalue weighted by molar-refractivity contribution is -0.130. The molecule has 0 aromatic heterocycles. The van der Waals surface area contributed by atoms with Gasteiger partial charge in [-0.3, -0.25) is 9.59 Å². The summed E-state index contributed by atoms with van der Waals surface area (Å²) in [5.74, 6) is 0.0926. The number of amides is 2. The number of imide groups is 1. The van der Waals surface area contributed by atoms with Crippen LogP contribution in [-0.4, -0.2) is 48.1 Å². The number of ether oxygens (including phenoxy) is 1. The number of benzene rings is 2. The van der Waals surface area contributed by atoms with Crippen molar-refractivity contribution in [3.63, 3.8) is 0 Å². The second kappa shape index (κ2) is 6.97. The second-order valence-corrected chi connectivity index (χ2v) is 8.07. The molecule has 3 saturated heterocycles. The van der Waals surface area contributed by atoms with Crippen LogP contribution in [-0.2, 0) is 9.59 Å². The van der Waals surface area contributed by atoms with Crippen LogP contribution in [0.5, 0.6) is 5.75 Å². The summed E-state index contributed by atoms with van der Waals surface area (Å²) in [4.78, 5) is 28.4. The van der Waals surface area contributed by atoms with E-state index >= 15 is 0 Å². The molecular weight excluding hydrogens is 366 g/mol. The molecule has 3 heterocycles. The van der Waals surface area contributed by atoms with Crippen molar-refractivity contribution >= 4 is 17.5 Å². The maximum absolute atomic E-state index is 13.6. The average Bonchev–Trinajstić information content (AvgIpc) is 3.22. The molecule has 0 bridgehead atoms. The Morgan fingerprint density at radius 1 is 0.828 bits per heavy atom. The number of hydrogen-bond donors (Lipinski definition) is 0. The number of nitrogens with zero attached hydrogens (tertiary/aromatic N) is 3. The SMILES string of the molecule is COc1ccc(N2C(=O)[C@@H]3[C@H](C2=O)N2CCCCN2[C@H]3c2ccc(C)cc2)cc1. The van der Waals surface area contributed by atoms with E-state index in [2.05, 4.69) is 41.2 Å². The van der Waals surface area contributed by atoms with Crippen molar-refractivity contribution in [1.82, 2.24) is 10.0 Å². The average molecular weight is 391 g/mol. The van der Waals surface area contributed by atoms with Gasteiger partial charge in [0.25, 0.3) is 5.91 Å². The first-order chi connectivity index (χ1) is 14.1. The Bertz CT molecular complexity index is 941. The number of carbonyl (C=O) groups excluding carboxylic acids is 2. The van der Waals surface area contributed by atoms with Crippen LogP contribution in [0, 0.1) is 12.8 Å². The van der Waals surface area contributed by atoms with Gasteiger partial charge in [-0.1, -0.05) is 29.8 Å². The highest BCUT2D eigenvalue weighted by Gasteiger charge is 2.62. The fourth-order valence-corrected chi connectivity index (χ4v) is 5.02. The molecule has 3 atom stereocenters. The van der Waals surface area contributed by atoms with Gasteiger partial charge in [-0.25, -0.2) is 14.9 Å². The third-order valence-corrected chi connectivity index (χ3v) is 6.41. The molecule has 3 aliphatic rings. The van der Waals surface area contributed by atoms with E-state index in [1.165, 1.54) is 10.5 Å². The van der Waals surface area contributed by atoms with Crippen molar-refractivity contribution in [3.8, 4) is 5.75 Å². The van der Waals surface area contributed by atoms with E-state index < -0.39 is 6.04 Å². The first kappa shape index (κ1) is 18.3. The molecular formula is C23H25N3O3. The minimum atomic E-state index is -0.420. The van der Waals surface area contributed by atoms with Crippen molar-refractivity contribution in [3.05, 3.63) is 59.7 Å². The van der Waals surface area contributed by atoms with Crippen LogP contribution in [0.1, 0.15) is 30.0 Å². The van der Waals surface area contributed by atoms with Crippen molar-refractivity contribution in [2.45, 2.75) is 31.8 Å². The van der Waals surface area contributed by atoms with Crippen molar-refractivity contribution in [1.29, 1.82) is 0 Å². The van der Waals surface area contributed by atoms with Crippen LogP contribution in [0.2, 0.25) is 0 Å². The van der Waals surface area contributed by atoms with Gasteiger partial charge in [0.1, 0.15) is 11.8 Å². The van der Waals surface area contributed by atoms with Gasteiger partial charge in [0.05, 0.1) is 24.8 Å². The first-order valence-corrected chi connectivity index (χ1v) is 10.2. The zero-order chi connectivity index (χ0) is 20.1. The quantitative estimate of drug-likeness (QED) is 0.753. The third kappa shape index (κ3) is 2.78. The summed E-state index contributed by atoms with van der Waals surface area (Å²) in [6.07, 6.45) is 2.13. The fourth-order valence-electron chi connectivity index (χ4n) is 5.02. The van der Waals surface area contributed by atoms with Gasteiger partial charge in [0.2, 0.25) is 5.91 Å². The number of hydrazine groups is 1. The number of anilines is 1. The zero-order valence-corrected chi connectivity index (χ0v) is 16.7. The lowest BCUT2D eigenvalue weighted by Crippen LogP contribution is -2.50. The molecule has 0 spiro atoms. The Balaban J connectivity index is 1.55. The van der Waals surface area contributed by atoms with E-state index in [-0.39, 0.29) is 23.8 Å². The second-order valence-electron chi connectivity index (χ2n) is 8.07. The van der Waals surface area contributed by atoms with Gasteiger partial charge in [-0.15, -0.1) is 0 Å². The minimum absolute atomic E-state index is 0.0967. The van der Waals surface area contributed by atoms with Crippen LogP contribution in [0.15, 0.2) is 48.5 Å². The standard InChI is InChI=1S/C23H25N3O3/c1-15-5-7-16(8-6-15)20-19-21(25-14-4-3-13-24(20)25)23(28)26(22(19)27)17-9-11-18(29-2)12-10-17/h5-12,19-21H,3-4,13-14H2,1-2H3/t19-,20-,21+/m0/s1. The molecule has 2 aromatic rings. The number of aryl methyl sites for hydroxylation is 1. The lowest BCUT2D eigenvalue weighted by Gasteiger charge is -2.38. The summed E-state index contributed by atoms with van der Waals surface area (Å²) in [5.41, 5.74) is 2.90. The fraction of sp³-hybridized carbons (Fsp3) is 0.391. The van der Waals surface area contributed by atoms with Gasteiger partial charge < -0.3 is 4.74 Å². The molecule has 3 fully saturated rings. The van der Waals surface area contributed by atoms with Gasteiger partial charge in [0, 0.05) is 13.1 Å². The van der Waals surface area contributed by atoms with Gasteiger partial charge in [-0.05, 0) is 49.6 Å². The Morgan fingerprint density at radius 2 is 1.45 bits per heavy atom. The molecule has 0 unspecified atom stereocenters. The van der Waals surface area contributed by atoms with Crippen molar-refractivity contribution in [2.24, 2.45) is 5.92 Å². The summed E-state index contributed by atoms with van der Waals surface area (Å²) in [6, 6.07) is 15.0. The molecule has 6 heteroatoms. The van der Waals surface area contributed by atoms with E-state index in [1.807, 2.05) is 0 Å². The number of fused-ring (bicyclic) bond motifs is 3.